The second-order valence-electron chi connectivity index (χ2n) is 8.26. The molecule has 1 fully saturated rings. The number of nitrogens with one attached hydrogen (secondary N) is 2. The first-order chi connectivity index (χ1) is 16.0. The van der Waals surface area contributed by atoms with Gasteiger partial charge in [0.2, 0.25) is 11.8 Å². The van der Waals surface area contributed by atoms with Gasteiger partial charge in [0.05, 0.1) is 12.5 Å². The lowest BCUT2D eigenvalue weighted by molar-refractivity contribution is -0.133. The molecule has 10 heteroatoms. The van der Waals surface area contributed by atoms with E-state index in [9.17, 15) is 27.6 Å². The zero-order valence-electron chi connectivity index (χ0n) is 18.5. The molecular weight excluding hydrogens is 471 g/mol. The number of rotatable bonds is 9. The topological polar surface area (TPSA) is 78.5 Å². The van der Waals surface area contributed by atoms with E-state index in [-0.39, 0.29) is 29.8 Å². The van der Waals surface area contributed by atoms with Gasteiger partial charge in [-0.2, -0.15) is 13.2 Å². The maximum Gasteiger partial charge on any atom is 0.405 e. The van der Waals surface area contributed by atoms with E-state index in [1.54, 1.807) is 41.3 Å². The highest BCUT2D eigenvalue weighted by Gasteiger charge is 2.34. The molecule has 34 heavy (non-hydrogen) atoms. The highest BCUT2D eigenvalue weighted by Crippen LogP contribution is 2.31. The quantitative estimate of drug-likeness (QED) is 0.541. The summed E-state index contributed by atoms with van der Waals surface area (Å²) in [4.78, 5) is 38.5. The molecule has 2 aromatic rings. The molecule has 0 spiro atoms. The highest BCUT2D eigenvalue weighted by molar-refractivity contribution is 6.30. The van der Waals surface area contributed by atoms with E-state index in [2.05, 4.69) is 5.32 Å². The molecule has 1 unspecified atom stereocenters. The molecule has 0 bridgehead atoms. The molecule has 3 amide bonds. The monoisotopic (exact) mass is 495 g/mol. The first-order valence-corrected chi connectivity index (χ1v) is 11.2. The molecule has 1 atom stereocenters. The molecule has 0 saturated heterocycles. The number of hydrogen-bond acceptors (Lipinski definition) is 3. The zero-order valence-corrected chi connectivity index (χ0v) is 19.2. The third kappa shape index (κ3) is 7.76. The van der Waals surface area contributed by atoms with Crippen molar-refractivity contribution in [2.24, 2.45) is 0 Å². The van der Waals surface area contributed by atoms with Gasteiger partial charge < -0.3 is 15.5 Å². The molecule has 2 aromatic carbocycles. The van der Waals surface area contributed by atoms with Gasteiger partial charge in [0, 0.05) is 30.1 Å². The van der Waals surface area contributed by atoms with Crippen LogP contribution in [0, 0.1) is 0 Å². The molecule has 0 heterocycles. The summed E-state index contributed by atoms with van der Waals surface area (Å²) in [5.41, 5.74) is 1.61. The van der Waals surface area contributed by atoms with Crippen molar-refractivity contribution in [3.05, 3.63) is 70.2 Å². The Morgan fingerprint density at radius 2 is 1.68 bits per heavy atom. The summed E-state index contributed by atoms with van der Waals surface area (Å²) in [5, 5.41) is 5.19. The molecule has 0 aliphatic heterocycles. The van der Waals surface area contributed by atoms with Crippen molar-refractivity contribution >= 4 is 29.3 Å². The number of carbonyl (C=O) groups excluding carboxylic acids is 3. The second-order valence-corrected chi connectivity index (χ2v) is 8.69. The van der Waals surface area contributed by atoms with Crippen molar-refractivity contribution in [1.82, 2.24) is 15.5 Å². The molecule has 0 aromatic heterocycles. The Labute approximate surface area is 200 Å². The summed E-state index contributed by atoms with van der Waals surface area (Å²) < 4.78 is 36.9. The molecule has 6 nitrogen and oxygen atoms in total. The van der Waals surface area contributed by atoms with E-state index in [0.717, 1.165) is 24.0 Å². The van der Waals surface area contributed by atoms with Crippen molar-refractivity contribution in [3.8, 4) is 0 Å². The summed E-state index contributed by atoms with van der Waals surface area (Å²) >= 11 is 5.95. The van der Waals surface area contributed by atoms with Crippen LogP contribution in [-0.2, 0) is 16.1 Å². The minimum atomic E-state index is -4.48. The fraction of sp³-hybridized carbons (Fsp3) is 0.375. The smallest absolute Gasteiger partial charge is 0.349 e. The number of nitrogens with zero attached hydrogens (tertiary/aromatic N) is 1. The predicted octanol–water partition coefficient (Wildman–Crippen LogP) is 4.39. The number of benzene rings is 2. The largest absolute Gasteiger partial charge is 0.405 e. The molecule has 3 rings (SSSR count). The standard InChI is InChI=1S/C24H25ClF3N3O3/c1-15(32)30-21(17-6-8-19(25)9-7-17)12-22(33)31(20-10-11-20)13-16-2-4-18(5-3-16)23(34)29-14-24(26,27)28/h2-9,20-21H,10-14H2,1H3,(H,29,34)(H,30,32). The van der Waals surface area contributed by atoms with Crippen LogP contribution in [0.3, 0.4) is 0 Å². The van der Waals surface area contributed by atoms with Gasteiger partial charge in [-0.15, -0.1) is 0 Å². The van der Waals surface area contributed by atoms with E-state index in [1.165, 1.54) is 19.1 Å². The van der Waals surface area contributed by atoms with E-state index in [0.29, 0.717) is 11.6 Å². The molecular formula is C24H25ClF3N3O3. The maximum atomic E-state index is 13.2. The number of carbonyl (C=O) groups is 3. The summed E-state index contributed by atoms with van der Waals surface area (Å²) in [6, 6.07) is 12.6. The first kappa shape index (κ1) is 25.6. The van der Waals surface area contributed by atoms with Crippen LogP contribution in [0.5, 0.6) is 0 Å². The second kappa shape index (κ2) is 10.9. The lowest BCUT2D eigenvalue weighted by atomic mass is 10.0. The van der Waals surface area contributed by atoms with Crippen molar-refractivity contribution < 1.29 is 27.6 Å². The van der Waals surface area contributed by atoms with Crippen molar-refractivity contribution in [1.29, 1.82) is 0 Å². The van der Waals surface area contributed by atoms with Crippen molar-refractivity contribution in [2.45, 2.75) is 51.0 Å². The third-order valence-electron chi connectivity index (χ3n) is 5.36. The number of halogens is 4. The van der Waals surface area contributed by atoms with Crippen molar-refractivity contribution in [2.75, 3.05) is 6.54 Å². The SMILES string of the molecule is CC(=O)NC(CC(=O)N(Cc1ccc(C(=O)NCC(F)(F)F)cc1)C1CC1)c1ccc(Cl)cc1. The van der Waals surface area contributed by atoms with Gasteiger partial charge in [-0.05, 0) is 48.2 Å². The third-order valence-corrected chi connectivity index (χ3v) is 5.61. The van der Waals surface area contributed by atoms with Gasteiger partial charge in [0.25, 0.3) is 5.91 Å². The molecule has 1 aliphatic carbocycles. The van der Waals surface area contributed by atoms with Gasteiger partial charge in [-0.1, -0.05) is 35.9 Å². The molecule has 1 saturated carbocycles. The van der Waals surface area contributed by atoms with Crippen LogP contribution >= 0.6 is 11.6 Å². The highest BCUT2D eigenvalue weighted by atomic mass is 35.5. The molecule has 182 valence electrons. The van der Waals surface area contributed by atoms with Crippen LogP contribution in [-0.4, -0.2) is 41.4 Å². The predicted molar refractivity (Wildman–Crippen MR) is 121 cm³/mol. The van der Waals surface area contributed by atoms with Gasteiger partial charge in [0.15, 0.2) is 0 Å². The van der Waals surface area contributed by atoms with Crippen LogP contribution in [0.2, 0.25) is 5.02 Å². The van der Waals surface area contributed by atoms with Gasteiger partial charge in [0.1, 0.15) is 6.54 Å². The van der Waals surface area contributed by atoms with Gasteiger partial charge in [-0.3, -0.25) is 14.4 Å². The number of hydrogen-bond donors (Lipinski definition) is 2. The van der Waals surface area contributed by atoms with Crippen LogP contribution in [0.4, 0.5) is 13.2 Å². The number of alkyl halides is 3. The maximum absolute atomic E-state index is 13.2. The average Bonchev–Trinajstić information content (AvgIpc) is 3.60. The fourth-order valence-electron chi connectivity index (χ4n) is 3.53. The zero-order chi connectivity index (χ0) is 24.9. The molecule has 0 radical (unpaired) electrons. The van der Waals surface area contributed by atoms with Crippen LogP contribution in [0.15, 0.2) is 48.5 Å². The van der Waals surface area contributed by atoms with E-state index >= 15 is 0 Å². The lowest BCUT2D eigenvalue weighted by Gasteiger charge is -2.26. The molecule has 1 aliphatic rings. The number of amides is 3. The molecule has 2 N–H and O–H groups in total. The Morgan fingerprint density at radius 3 is 2.21 bits per heavy atom. The van der Waals surface area contributed by atoms with Crippen LogP contribution in [0.25, 0.3) is 0 Å². The Morgan fingerprint density at radius 1 is 1.06 bits per heavy atom. The summed E-state index contributed by atoms with van der Waals surface area (Å²) in [6.07, 6.45) is -2.68. The van der Waals surface area contributed by atoms with E-state index in [1.807, 2.05) is 5.32 Å². The normalized spacial score (nSPS) is 14.3. The van der Waals surface area contributed by atoms with Crippen LogP contribution in [0.1, 0.15) is 53.7 Å². The van der Waals surface area contributed by atoms with Crippen molar-refractivity contribution in [3.63, 3.8) is 0 Å². The minimum absolute atomic E-state index is 0.0651. The van der Waals surface area contributed by atoms with Gasteiger partial charge in [-0.25, -0.2) is 0 Å². The Bertz CT molecular complexity index is 1020. The fourth-order valence-corrected chi connectivity index (χ4v) is 3.66. The van der Waals surface area contributed by atoms with E-state index < -0.39 is 24.7 Å². The summed E-state index contributed by atoms with van der Waals surface area (Å²) in [5.74, 6) is -1.21. The average molecular weight is 496 g/mol. The Kier molecular flexibility index (Phi) is 8.19. The summed E-state index contributed by atoms with van der Waals surface area (Å²) in [6.45, 7) is 0.278. The van der Waals surface area contributed by atoms with Gasteiger partial charge >= 0.3 is 6.18 Å². The Balaban J connectivity index is 1.67. The van der Waals surface area contributed by atoms with Crippen LogP contribution < -0.4 is 10.6 Å². The Hall–Kier alpha value is -3.07. The minimum Gasteiger partial charge on any atom is -0.349 e. The lowest BCUT2D eigenvalue weighted by Crippen LogP contribution is -2.37. The summed E-state index contributed by atoms with van der Waals surface area (Å²) in [7, 11) is 0. The first-order valence-electron chi connectivity index (χ1n) is 10.8. The van der Waals surface area contributed by atoms with E-state index in [4.69, 9.17) is 11.6 Å².